The first kappa shape index (κ1) is 19.6. The Kier molecular flexibility index (Phi) is 5.63. The zero-order valence-corrected chi connectivity index (χ0v) is 17.4. The predicted molar refractivity (Wildman–Crippen MR) is 113 cm³/mol. The number of thioether (sulfide) groups is 1. The first-order valence-electron chi connectivity index (χ1n) is 9.23. The maximum Gasteiger partial charge on any atom is 0.251 e. The molecular weight excluding hydrogens is 408 g/mol. The van der Waals surface area contributed by atoms with Crippen molar-refractivity contribution in [2.45, 2.75) is 31.3 Å². The van der Waals surface area contributed by atoms with Crippen LogP contribution in [0.2, 0.25) is 0 Å². The Morgan fingerprint density at radius 1 is 1.34 bits per heavy atom. The fourth-order valence-corrected chi connectivity index (χ4v) is 5.52. The quantitative estimate of drug-likeness (QED) is 0.583. The van der Waals surface area contributed by atoms with Crippen LogP contribution < -0.4 is 11.1 Å². The summed E-state index contributed by atoms with van der Waals surface area (Å²) in [6.07, 6.45) is 2.76. The highest BCUT2D eigenvalue weighted by molar-refractivity contribution is 7.99. The predicted octanol–water partition coefficient (Wildman–Crippen LogP) is 2.68. The van der Waals surface area contributed by atoms with Gasteiger partial charge in [-0.2, -0.15) is 4.68 Å². The molecule has 0 bridgehead atoms. The molecule has 1 aliphatic rings. The summed E-state index contributed by atoms with van der Waals surface area (Å²) in [5.41, 5.74) is 7.89. The maximum absolute atomic E-state index is 12.6. The van der Waals surface area contributed by atoms with Crippen LogP contribution in [0.5, 0.6) is 0 Å². The first-order valence-corrected chi connectivity index (χ1v) is 11.0. The molecule has 0 saturated carbocycles. The highest BCUT2D eigenvalue weighted by Crippen LogP contribution is 2.39. The molecule has 0 saturated heterocycles. The lowest BCUT2D eigenvalue weighted by Gasteiger charge is -2.18. The summed E-state index contributed by atoms with van der Waals surface area (Å²) < 4.78 is 1.58. The Morgan fingerprint density at radius 3 is 2.90 bits per heavy atom. The van der Waals surface area contributed by atoms with Crippen LogP contribution in [0.1, 0.15) is 34.1 Å². The molecule has 0 unspecified atom stereocenters. The average Bonchev–Trinajstić information content (AvgIpc) is 3.30. The highest BCUT2D eigenvalue weighted by atomic mass is 32.2. The lowest BCUT2D eigenvalue weighted by atomic mass is 9.88. The second-order valence-corrected chi connectivity index (χ2v) is 9.01. The molecule has 0 aliphatic heterocycles. The van der Waals surface area contributed by atoms with Gasteiger partial charge in [0.2, 0.25) is 11.1 Å². The lowest BCUT2D eigenvalue weighted by Crippen LogP contribution is -2.20. The van der Waals surface area contributed by atoms with Gasteiger partial charge >= 0.3 is 0 Å². The molecule has 4 rings (SSSR count). The van der Waals surface area contributed by atoms with Crippen molar-refractivity contribution < 1.29 is 9.59 Å². The van der Waals surface area contributed by atoms with Crippen molar-refractivity contribution in [2.75, 3.05) is 11.1 Å². The number of fused-ring (bicyclic) bond motifs is 1. The van der Waals surface area contributed by atoms with E-state index in [2.05, 4.69) is 27.8 Å². The number of rotatable bonds is 6. The molecule has 1 aromatic carbocycles. The van der Waals surface area contributed by atoms with Crippen LogP contribution in [-0.2, 0) is 17.6 Å². The van der Waals surface area contributed by atoms with Gasteiger partial charge in [0.15, 0.2) is 0 Å². The van der Waals surface area contributed by atoms with Crippen molar-refractivity contribution in [1.82, 2.24) is 20.2 Å². The van der Waals surface area contributed by atoms with Crippen molar-refractivity contribution in [3.63, 3.8) is 0 Å². The van der Waals surface area contributed by atoms with Crippen molar-refractivity contribution >= 4 is 39.9 Å². The minimum atomic E-state index is -0.493. The molecule has 1 atom stereocenters. The molecule has 2 aromatic heterocycles. The molecule has 3 N–H and O–H groups in total. The summed E-state index contributed by atoms with van der Waals surface area (Å²) in [7, 11) is 0. The van der Waals surface area contributed by atoms with E-state index in [9.17, 15) is 9.59 Å². The van der Waals surface area contributed by atoms with Gasteiger partial charge in [-0.05, 0) is 53.3 Å². The normalized spacial score (nSPS) is 15.7. The molecular formula is C19H20N6O2S2. The van der Waals surface area contributed by atoms with Crippen LogP contribution in [0.3, 0.4) is 0 Å². The van der Waals surface area contributed by atoms with Crippen LogP contribution >= 0.6 is 23.1 Å². The van der Waals surface area contributed by atoms with Crippen LogP contribution in [0.25, 0.3) is 5.69 Å². The number of para-hydroxylation sites is 1. The van der Waals surface area contributed by atoms with Gasteiger partial charge in [0.05, 0.1) is 17.0 Å². The number of amides is 2. The lowest BCUT2D eigenvalue weighted by molar-refractivity contribution is -0.113. The van der Waals surface area contributed by atoms with E-state index in [0.717, 1.165) is 35.4 Å². The molecule has 8 nitrogen and oxygen atoms in total. The van der Waals surface area contributed by atoms with Crippen molar-refractivity contribution in [3.8, 4) is 5.69 Å². The number of nitrogens with one attached hydrogen (secondary N) is 1. The molecule has 10 heteroatoms. The Bertz CT molecular complexity index is 1050. The summed E-state index contributed by atoms with van der Waals surface area (Å²) in [5, 5.41) is 15.6. The zero-order chi connectivity index (χ0) is 20.4. The molecule has 29 heavy (non-hydrogen) atoms. The maximum atomic E-state index is 12.6. The van der Waals surface area contributed by atoms with Crippen molar-refractivity contribution in [2.24, 2.45) is 11.7 Å². The molecule has 1 aliphatic carbocycles. The topological polar surface area (TPSA) is 116 Å². The largest absolute Gasteiger partial charge is 0.365 e. The molecule has 2 amide bonds. The number of nitrogens with two attached hydrogens (primary N) is 1. The Labute approximate surface area is 175 Å². The number of benzene rings is 1. The van der Waals surface area contributed by atoms with Crippen molar-refractivity contribution in [3.05, 3.63) is 46.3 Å². The standard InChI is InChI=1S/C19H20N6O2S2/c1-11-7-8-13-14(9-11)29-18(16(13)17(20)27)21-15(26)10-28-19-22-23-24-25(19)12-5-3-2-4-6-12/h2-6,11H,7-10H2,1H3,(H2,20,27)(H,21,26)/t11-/m0/s1. The summed E-state index contributed by atoms with van der Waals surface area (Å²) >= 11 is 2.69. The highest BCUT2D eigenvalue weighted by Gasteiger charge is 2.27. The average molecular weight is 429 g/mol. The third-order valence-electron chi connectivity index (χ3n) is 4.79. The van der Waals surface area contributed by atoms with Crippen LogP contribution in [0.15, 0.2) is 35.5 Å². The summed E-state index contributed by atoms with van der Waals surface area (Å²) in [4.78, 5) is 25.7. The van der Waals surface area contributed by atoms with Gasteiger partial charge in [-0.25, -0.2) is 0 Å². The molecule has 3 aromatic rings. The minimum Gasteiger partial charge on any atom is -0.365 e. The van der Waals surface area contributed by atoms with E-state index in [1.807, 2.05) is 30.3 Å². The van der Waals surface area contributed by atoms with Gasteiger partial charge < -0.3 is 11.1 Å². The number of carbonyl (C=O) groups is 2. The number of thiophene rings is 1. The van der Waals surface area contributed by atoms with E-state index >= 15 is 0 Å². The third kappa shape index (κ3) is 4.18. The minimum absolute atomic E-state index is 0.115. The molecule has 0 spiro atoms. The second-order valence-electron chi connectivity index (χ2n) is 6.97. The fourth-order valence-electron chi connectivity index (χ4n) is 3.39. The number of nitrogens with zero attached hydrogens (tertiary/aromatic N) is 4. The van der Waals surface area contributed by atoms with E-state index in [0.29, 0.717) is 21.6 Å². The van der Waals surface area contributed by atoms with Gasteiger partial charge in [-0.3, -0.25) is 9.59 Å². The number of carbonyl (C=O) groups excluding carboxylic acids is 2. The number of hydrogen-bond donors (Lipinski definition) is 2. The van der Waals surface area contributed by atoms with Gasteiger partial charge in [-0.15, -0.1) is 16.4 Å². The van der Waals surface area contributed by atoms with E-state index in [-0.39, 0.29) is 11.7 Å². The monoisotopic (exact) mass is 428 g/mol. The SMILES string of the molecule is C[C@H]1CCc2c(sc(NC(=O)CSc3nnnn3-c3ccccc3)c2C(N)=O)C1. The first-order chi connectivity index (χ1) is 14.0. The third-order valence-corrected chi connectivity index (χ3v) is 6.87. The Balaban J connectivity index is 1.47. The van der Waals surface area contributed by atoms with E-state index < -0.39 is 5.91 Å². The van der Waals surface area contributed by atoms with E-state index in [1.165, 1.54) is 23.1 Å². The van der Waals surface area contributed by atoms with Gasteiger partial charge in [0, 0.05) is 4.88 Å². The second kappa shape index (κ2) is 8.34. The number of tetrazole rings is 1. The molecule has 0 radical (unpaired) electrons. The smallest absolute Gasteiger partial charge is 0.251 e. The summed E-state index contributed by atoms with van der Waals surface area (Å²) in [6.45, 7) is 2.19. The van der Waals surface area contributed by atoms with Crippen LogP contribution in [-0.4, -0.2) is 37.8 Å². The summed E-state index contributed by atoms with van der Waals surface area (Å²) in [5.74, 6) is -0.0395. The summed E-state index contributed by atoms with van der Waals surface area (Å²) in [6, 6.07) is 9.46. The molecule has 0 fully saturated rings. The van der Waals surface area contributed by atoms with E-state index in [1.54, 1.807) is 4.68 Å². The van der Waals surface area contributed by atoms with Crippen LogP contribution in [0, 0.1) is 5.92 Å². The fraction of sp³-hybridized carbons (Fsp3) is 0.316. The van der Waals surface area contributed by atoms with Gasteiger partial charge in [0.1, 0.15) is 5.00 Å². The van der Waals surface area contributed by atoms with Crippen LogP contribution in [0.4, 0.5) is 5.00 Å². The number of hydrogen-bond acceptors (Lipinski definition) is 7. The van der Waals surface area contributed by atoms with Gasteiger partial charge in [0.25, 0.3) is 5.91 Å². The Hall–Kier alpha value is -2.72. The van der Waals surface area contributed by atoms with E-state index in [4.69, 9.17) is 5.73 Å². The van der Waals surface area contributed by atoms with Crippen molar-refractivity contribution in [1.29, 1.82) is 0 Å². The molecule has 2 heterocycles. The number of anilines is 1. The zero-order valence-electron chi connectivity index (χ0n) is 15.8. The number of primary amides is 1. The van der Waals surface area contributed by atoms with Gasteiger partial charge in [-0.1, -0.05) is 36.9 Å². The molecule has 150 valence electrons. The number of aromatic nitrogens is 4. The Morgan fingerprint density at radius 2 is 2.14 bits per heavy atom.